The van der Waals surface area contributed by atoms with E-state index in [2.05, 4.69) is 11.6 Å². The number of hydrogen-bond donors (Lipinski definition) is 0. The molecule has 2 aromatic rings. The lowest BCUT2D eigenvalue weighted by Crippen LogP contribution is -2.13. The first-order valence-electron chi connectivity index (χ1n) is 6.60. The van der Waals surface area contributed by atoms with E-state index in [1.165, 1.54) is 0 Å². The molecule has 1 heterocycles. The van der Waals surface area contributed by atoms with Crippen molar-refractivity contribution in [1.29, 1.82) is 0 Å². The molecule has 0 amide bonds. The van der Waals surface area contributed by atoms with E-state index in [1.807, 2.05) is 36.6 Å². The fourth-order valence-electron chi connectivity index (χ4n) is 1.64. The zero-order valence-corrected chi connectivity index (χ0v) is 12.9. The van der Waals surface area contributed by atoms with Crippen LogP contribution in [-0.4, -0.2) is 24.2 Å². The van der Waals surface area contributed by atoms with Crippen molar-refractivity contribution >= 4 is 17.3 Å². The molecule has 0 saturated carbocycles. The summed E-state index contributed by atoms with van der Waals surface area (Å²) in [6, 6.07) is 7.59. The fourth-order valence-corrected chi connectivity index (χ4v) is 2.45. The number of rotatable bonds is 6. The number of nitrogens with zero attached hydrogens (tertiary/aromatic N) is 1. The molecule has 0 fully saturated rings. The second kappa shape index (κ2) is 7.04. The third-order valence-electron chi connectivity index (χ3n) is 2.70. The Labute approximate surface area is 128 Å². The monoisotopic (exact) mass is 303 g/mol. The molecule has 0 unspecified atom stereocenters. The molecule has 0 aliphatic carbocycles. The van der Waals surface area contributed by atoms with Crippen molar-refractivity contribution < 1.29 is 14.3 Å². The molecule has 1 aromatic heterocycles. The zero-order chi connectivity index (χ0) is 15.2. The highest BCUT2D eigenvalue weighted by atomic mass is 32.1. The number of aromatic nitrogens is 1. The van der Waals surface area contributed by atoms with Crippen molar-refractivity contribution in [1.82, 2.24) is 4.98 Å². The van der Waals surface area contributed by atoms with Gasteiger partial charge in [-0.15, -0.1) is 11.3 Å². The lowest BCUT2D eigenvalue weighted by atomic mass is 10.2. The number of ether oxygens (including phenoxy) is 2. The van der Waals surface area contributed by atoms with Crippen molar-refractivity contribution in [3.8, 4) is 16.3 Å². The number of carbonyl (C=O) groups excluding carboxylic acids is 1. The van der Waals surface area contributed by atoms with Gasteiger partial charge < -0.3 is 9.47 Å². The summed E-state index contributed by atoms with van der Waals surface area (Å²) in [5.74, 6) is 0.254. The molecule has 0 aliphatic rings. The topological polar surface area (TPSA) is 48.4 Å². The quantitative estimate of drug-likeness (QED) is 0.604. The van der Waals surface area contributed by atoms with Crippen LogP contribution in [0, 0.1) is 6.92 Å². The third kappa shape index (κ3) is 4.16. The predicted molar refractivity (Wildman–Crippen MR) is 83.6 cm³/mol. The number of thiazole rings is 1. The zero-order valence-electron chi connectivity index (χ0n) is 12.1. The van der Waals surface area contributed by atoms with E-state index < -0.39 is 5.97 Å². The van der Waals surface area contributed by atoms with Crippen LogP contribution in [0.2, 0.25) is 0 Å². The Bertz CT molecular complexity index is 631. The first-order chi connectivity index (χ1) is 10.1. The maximum Gasteiger partial charge on any atom is 0.336 e. The van der Waals surface area contributed by atoms with Gasteiger partial charge in [-0.25, -0.2) is 9.78 Å². The van der Waals surface area contributed by atoms with Crippen LogP contribution >= 0.6 is 11.3 Å². The number of aryl methyl sites for hydroxylation is 1. The van der Waals surface area contributed by atoms with Crippen LogP contribution in [0.25, 0.3) is 10.6 Å². The van der Waals surface area contributed by atoms with Gasteiger partial charge in [-0.05, 0) is 38.1 Å². The SMILES string of the molecule is C=C(COc1ccc(-c2nc(C)cs2)cc1)C(=O)OCC. The van der Waals surface area contributed by atoms with E-state index >= 15 is 0 Å². The third-order valence-corrected chi connectivity index (χ3v) is 3.71. The van der Waals surface area contributed by atoms with Gasteiger partial charge in [0.2, 0.25) is 0 Å². The lowest BCUT2D eigenvalue weighted by Gasteiger charge is -2.08. The number of carbonyl (C=O) groups is 1. The molecule has 0 radical (unpaired) electrons. The summed E-state index contributed by atoms with van der Waals surface area (Å²) in [7, 11) is 0. The van der Waals surface area contributed by atoms with Crippen LogP contribution in [0.3, 0.4) is 0 Å². The minimum atomic E-state index is -0.424. The van der Waals surface area contributed by atoms with Gasteiger partial charge in [0.15, 0.2) is 0 Å². The minimum Gasteiger partial charge on any atom is -0.489 e. The lowest BCUT2D eigenvalue weighted by molar-refractivity contribution is -0.138. The summed E-state index contributed by atoms with van der Waals surface area (Å²) in [4.78, 5) is 15.8. The molecule has 21 heavy (non-hydrogen) atoms. The first kappa shape index (κ1) is 15.3. The molecule has 5 heteroatoms. The van der Waals surface area contributed by atoms with Crippen LogP contribution in [0.4, 0.5) is 0 Å². The predicted octanol–water partition coefficient (Wildman–Crippen LogP) is 3.62. The van der Waals surface area contributed by atoms with Crippen molar-refractivity contribution in [2.75, 3.05) is 13.2 Å². The van der Waals surface area contributed by atoms with Crippen molar-refractivity contribution in [2.24, 2.45) is 0 Å². The maximum atomic E-state index is 11.4. The summed E-state index contributed by atoms with van der Waals surface area (Å²) in [5.41, 5.74) is 2.36. The van der Waals surface area contributed by atoms with Crippen LogP contribution in [-0.2, 0) is 9.53 Å². The van der Waals surface area contributed by atoms with Gasteiger partial charge in [-0.1, -0.05) is 6.58 Å². The average Bonchev–Trinajstić information content (AvgIpc) is 2.92. The van der Waals surface area contributed by atoms with Crippen molar-refractivity contribution in [3.63, 3.8) is 0 Å². The van der Waals surface area contributed by atoms with Gasteiger partial charge in [-0.3, -0.25) is 0 Å². The van der Waals surface area contributed by atoms with Gasteiger partial charge >= 0.3 is 5.97 Å². The minimum absolute atomic E-state index is 0.120. The van der Waals surface area contributed by atoms with Gasteiger partial charge in [0.05, 0.1) is 12.2 Å². The van der Waals surface area contributed by atoms with E-state index in [4.69, 9.17) is 9.47 Å². The van der Waals surface area contributed by atoms with Gasteiger partial charge in [0.1, 0.15) is 17.4 Å². The van der Waals surface area contributed by atoms with Crippen LogP contribution in [0.15, 0.2) is 41.8 Å². The standard InChI is InChI=1S/C16H17NO3S/c1-4-19-16(18)11(2)9-20-14-7-5-13(6-8-14)15-17-12(3)10-21-15/h5-8,10H,2,4,9H2,1,3H3. The van der Waals surface area contributed by atoms with Crippen LogP contribution < -0.4 is 4.74 Å². The molecule has 0 bridgehead atoms. The highest BCUT2D eigenvalue weighted by Gasteiger charge is 2.08. The smallest absolute Gasteiger partial charge is 0.336 e. The number of esters is 1. The highest BCUT2D eigenvalue weighted by Crippen LogP contribution is 2.25. The summed E-state index contributed by atoms with van der Waals surface area (Å²) in [5, 5.41) is 3.00. The van der Waals surface area contributed by atoms with E-state index in [-0.39, 0.29) is 6.61 Å². The fraction of sp³-hybridized carbons (Fsp3) is 0.250. The molecule has 0 spiro atoms. The van der Waals surface area contributed by atoms with E-state index in [9.17, 15) is 4.79 Å². The largest absolute Gasteiger partial charge is 0.489 e. The molecule has 2 rings (SSSR count). The molecular formula is C16H17NO3S. The summed E-state index contributed by atoms with van der Waals surface area (Å²) in [6.07, 6.45) is 0. The van der Waals surface area contributed by atoms with E-state index in [0.717, 1.165) is 16.3 Å². The molecule has 0 atom stereocenters. The maximum absolute atomic E-state index is 11.4. The van der Waals surface area contributed by atoms with E-state index in [0.29, 0.717) is 17.9 Å². The van der Waals surface area contributed by atoms with Crippen molar-refractivity contribution in [2.45, 2.75) is 13.8 Å². The molecule has 0 aliphatic heterocycles. The molecular weight excluding hydrogens is 286 g/mol. The molecule has 4 nitrogen and oxygen atoms in total. The van der Waals surface area contributed by atoms with Crippen LogP contribution in [0.1, 0.15) is 12.6 Å². The van der Waals surface area contributed by atoms with Crippen molar-refractivity contribution in [3.05, 3.63) is 47.5 Å². The molecule has 0 saturated heterocycles. The van der Waals surface area contributed by atoms with Gasteiger partial charge in [0.25, 0.3) is 0 Å². The second-order valence-corrected chi connectivity index (χ2v) is 5.29. The average molecular weight is 303 g/mol. The summed E-state index contributed by atoms with van der Waals surface area (Å²) >= 11 is 1.61. The number of hydrogen-bond acceptors (Lipinski definition) is 5. The Kier molecular flexibility index (Phi) is 5.11. The Morgan fingerprint density at radius 3 is 2.62 bits per heavy atom. The summed E-state index contributed by atoms with van der Waals surface area (Å²) in [6.45, 7) is 7.83. The highest BCUT2D eigenvalue weighted by molar-refractivity contribution is 7.13. The molecule has 0 N–H and O–H groups in total. The van der Waals surface area contributed by atoms with Gasteiger partial charge in [-0.2, -0.15) is 0 Å². The normalized spacial score (nSPS) is 10.2. The first-order valence-corrected chi connectivity index (χ1v) is 7.48. The van der Waals surface area contributed by atoms with Gasteiger partial charge in [0, 0.05) is 16.6 Å². The second-order valence-electron chi connectivity index (χ2n) is 4.43. The summed E-state index contributed by atoms with van der Waals surface area (Å²) < 4.78 is 10.4. The van der Waals surface area contributed by atoms with E-state index in [1.54, 1.807) is 18.3 Å². The molecule has 1 aromatic carbocycles. The Morgan fingerprint density at radius 1 is 1.33 bits per heavy atom. The van der Waals surface area contributed by atoms with Crippen LogP contribution in [0.5, 0.6) is 5.75 Å². The Balaban J connectivity index is 1.94. The number of benzene rings is 1. The Hall–Kier alpha value is -2.14. The Morgan fingerprint density at radius 2 is 2.05 bits per heavy atom. The molecule has 110 valence electrons.